The summed E-state index contributed by atoms with van der Waals surface area (Å²) in [6, 6.07) is 5.04. The largest absolute Gasteiger partial charge is 0.384 e. The summed E-state index contributed by atoms with van der Waals surface area (Å²) in [5.74, 6) is -0.0400. The van der Waals surface area contributed by atoms with Crippen LogP contribution in [0, 0.1) is 0 Å². The Hall–Kier alpha value is -2.58. The fraction of sp³-hybridized carbons (Fsp3) is 0.545. The molecule has 0 heterocycles. The number of nitrogens with one attached hydrogen (secondary N) is 2. The predicted molar refractivity (Wildman–Crippen MR) is 120 cm³/mol. The third kappa shape index (κ3) is 10.8. The summed E-state index contributed by atoms with van der Waals surface area (Å²) in [5.41, 5.74) is 7.01. The minimum absolute atomic E-state index is 0.0400. The molecule has 0 fully saturated rings. The molecule has 0 saturated heterocycles. The topological polar surface area (TPSA) is 122 Å². The van der Waals surface area contributed by atoms with E-state index in [4.69, 9.17) is 5.73 Å². The molecular formula is C22H36N4O4. The molecule has 0 radical (unpaired) electrons. The van der Waals surface area contributed by atoms with Crippen LogP contribution in [0.3, 0.4) is 0 Å². The summed E-state index contributed by atoms with van der Waals surface area (Å²) in [5, 5.41) is 5.75. The lowest BCUT2D eigenvalue weighted by atomic mass is 10.1. The lowest BCUT2D eigenvalue weighted by molar-refractivity contribution is -0.125. The molecule has 1 amide bonds. The molecule has 0 bridgehead atoms. The number of nitrogens with zero attached hydrogens (tertiary/aromatic N) is 1. The molecule has 30 heavy (non-hydrogen) atoms. The monoisotopic (exact) mass is 420 g/mol. The van der Waals surface area contributed by atoms with Crippen LogP contribution >= 0.6 is 0 Å². The van der Waals surface area contributed by atoms with E-state index in [9.17, 15) is 19.2 Å². The molecule has 0 saturated carbocycles. The molecule has 0 aliphatic rings. The third-order valence-corrected chi connectivity index (χ3v) is 4.56. The molecule has 1 unspecified atom stereocenters. The summed E-state index contributed by atoms with van der Waals surface area (Å²) in [6.07, 6.45) is 7.60. The number of likely N-dealkylation sites (N-methyl/N-ethyl adjacent to an activating group) is 2. The number of hydrogen-bond donors (Lipinski definition) is 3. The molecule has 4 N–H and O–H groups in total. The number of unbranched alkanes of at least 4 members (excludes halogenated alkanes) is 3. The SMILES string of the molecule is CNC(=O)C(CCC=O)N(C)C.NCCCCCCNc1cccc(C=O)c1C=O. The molecular weight excluding hydrogens is 384 g/mol. The third-order valence-electron chi connectivity index (χ3n) is 4.56. The Bertz CT molecular complexity index is 650. The summed E-state index contributed by atoms with van der Waals surface area (Å²) in [4.78, 5) is 44.8. The molecule has 8 nitrogen and oxygen atoms in total. The van der Waals surface area contributed by atoms with Gasteiger partial charge >= 0.3 is 0 Å². The maximum absolute atomic E-state index is 11.2. The Morgan fingerprint density at radius 2 is 1.80 bits per heavy atom. The lowest BCUT2D eigenvalue weighted by Gasteiger charge is -2.21. The van der Waals surface area contributed by atoms with Crippen LogP contribution in [0.4, 0.5) is 5.69 Å². The second-order valence-electron chi connectivity index (χ2n) is 7.01. The van der Waals surface area contributed by atoms with E-state index in [2.05, 4.69) is 10.6 Å². The summed E-state index contributed by atoms with van der Waals surface area (Å²) in [6.45, 7) is 1.54. The number of hydrogen-bond acceptors (Lipinski definition) is 7. The van der Waals surface area contributed by atoms with Crippen molar-refractivity contribution < 1.29 is 19.2 Å². The minimum Gasteiger partial charge on any atom is -0.384 e. The molecule has 0 aliphatic carbocycles. The van der Waals surface area contributed by atoms with E-state index < -0.39 is 0 Å². The van der Waals surface area contributed by atoms with Gasteiger partial charge in [0.1, 0.15) is 6.29 Å². The van der Waals surface area contributed by atoms with E-state index in [1.807, 2.05) is 25.1 Å². The zero-order chi connectivity index (χ0) is 22.8. The lowest BCUT2D eigenvalue weighted by Crippen LogP contribution is -2.42. The zero-order valence-electron chi connectivity index (χ0n) is 18.4. The average molecular weight is 421 g/mol. The van der Waals surface area contributed by atoms with Crippen molar-refractivity contribution in [1.29, 1.82) is 0 Å². The number of amides is 1. The average Bonchev–Trinajstić information content (AvgIpc) is 2.76. The van der Waals surface area contributed by atoms with Crippen LogP contribution < -0.4 is 16.4 Å². The second kappa shape index (κ2) is 17.3. The molecule has 1 aromatic carbocycles. The van der Waals surface area contributed by atoms with Gasteiger partial charge in [-0.05, 0) is 46.0 Å². The summed E-state index contributed by atoms with van der Waals surface area (Å²) >= 11 is 0. The van der Waals surface area contributed by atoms with Crippen molar-refractivity contribution in [1.82, 2.24) is 10.2 Å². The van der Waals surface area contributed by atoms with Crippen LogP contribution in [0.25, 0.3) is 0 Å². The smallest absolute Gasteiger partial charge is 0.237 e. The van der Waals surface area contributed by atoms with Crippen LogP contribution in [0.1, 0.15) is 59.2 Å². The minimum atomic E-state index is -0.194. The molecule has 0 aromatic heterocycles. The van der Waals surface area contributed by atoms with Gasteiger partial charge in [0.05, 0.1) is 6.04 Å². The van der Waals surface area contributed by atoms with E-state index in [1.165, 1.54) is 0 Å². The Balaban J connectivity index is 0.000000612. The van der Waals surface area contributed by atoms with Gasteiger partial charge in [-0.1, -0.05) is 25.0 Å². The van der Waals surface area contributed by atoms with Crippen molar-refractivity contribution in [3.8, 4) is 0 Å². The van der Waals surface area contributed by atoms with Gasteiger partial charge in [-0.3, -0.25) is 19.3 Å². The van der Waals surface area contributed by atoms with Crippen LogP contribution in [-0.2, 0) is 9.59 Å². The summed E-state index contributed by atoms with van der Waals surface area (Å²) in [7, 11) is 5.25. The number of carbonyl (C=O) groups excluding carboxylic acids is 4. The van der Waals surface area contributed by atoms with E-state index in [0.717, 1.165) is 57.0 Å². The predicted octanol–water partition coefficient (Wildman–Crippen LogP) is 1.88. The fourth-order valence-corrected chi connectivity index (χ4v) is 2.83. The highest BCUT2D eigenvalue weighted by Crippen LogP contribution is 2.17. The second-order valence-corrected chi connectivity index (χ2v) is 7.01. The number of benzene rings is 1. The molecule has 0 aliphatic heterocycles. The highest BCUT2D eigenvalue weighted by Gasteiger charge is 2.18. The van der Waals surface area contributed by atoms with Crippen molar-refractivity contribution >= 4 is 30.5 Å². The zero-order valence-corrected chi connectivity index (χ0v) is 18.4. The van der Waals surface area contributed by atoms with Crippen LogP contribution in [0.15, 0.2) is 18.2 Å². The highest BCUT2D eigenvalue weighted by molar-refractivity contribution is 5.95. The van der Waals surface area contributed by atoms with Crippen molar-refractivity contribution in [2.24, 2.45) is 5.73 Å². The standard InChI is InChI=1S/C14H20N2O2.C8H16N2O2/c15-8-3-1-2-4-9-16-14-7-5-6-12(10-17)13(14)11-18;1-9-8(12)7(10(2)3)5-4-6-11/h5-7,10-11,16H,1-4,8-9,15H2;6-7H,4-5H2,1-3H3,(H,9,12). The van der Waals surface area contributed by atoms with Gasteiger partial charge in [0.15, 0.2) is 12.6 Å². The van der Waals surface area contributed by atoms with Crippen molar-refractivity contribution in [2.45, 2.75) is 44.6 Å². The molecule has 168 valence electrons. The summed E-state index contributed by atoms with van der Waals surface area (Å²) < 4.78 is 0. The number of carbonyl (C=O) groups is 4. The number of aldehydes is 3. The Kier molecular flexibility index (Phi) is 15.8. The Morgan fingerprint density at radius 3 is 2.33 bits per heavy atom. The van der Waals surface area contributed by atoms with Gasteiger partial charge in [-0.25, -0.2) is 0 Å². The first-order valence-electron chi connectivity index (χ1n) is 10.3. The van der Waals surface area contributed by atoms with Crippen molar-refractivity contribution in [3.05, 3.63) is 29.3 Å². The van der Waals surface area contributed by atoms with Gasteiger partial charge in [0, 0.05) is 36.8 Å². The Morgan fingerprint density at radius 1 is 1.10 bits per heavy atom. The van der Waals surface area contributed by atoms with Crippen LogP contribution in [0.2, 0.25) is 0 Å². The first kappa shape index (κ1) is 27.4. The normalized spacial score (nSPS) is 11.1. The Labute approximate surface area is 179 Å². The maximum atomic E-state index is 11.2. The van der Waals surface area contributed by atoms with E-state index >= 15 is 0 Å². The number of anilines is 1. The van der Waals surface area contributed by atoms with Gasteiger partial charge in [0.2, 0.25) is 5.91 Å². The van der Waals surface area contributed by atoms with E-state index in [0.29, 0.717) is 30.3 Å². The molecule has 1 aromatic rings. The number of rotatable bonds is 14. The van der Waals surface area contributed by atoms with E-state index in [-0.39, 0.29) is 11.9 Å². The quantitative estimate of drug-likeness (QED) is 0.310. The first-order chi connectivity index (χ1) is 14.5. The van der Waals surface area contributed by atoms with Gasteiger partial charge in [-0.15, -0.1) is 0 Å². The van der Waals surface area contributed by atoms with Crippen molar-refractivity contribution in [2.75, 3.05) is 39.5 Å². The fourth-order valence-electron chi connectivity index (χ4n) is 2.83. The van der Waals surface area contributed by atoms with Gasteiger partial charge in [-0.2, -0.15) is 0 Å². The van der Waals surface area contributed by atoms with Crippen LogP contribution in [0.5, 0.6) is 0 Å². The van der Waals surface area contributed by atoms with Crippen molar-refractivity contribution in [3.63, 3.8) is 0 Å². The van der Waals surface area contributed by atoms with Gasteiger partial charge in [0.25, 0.3) is 0 Å². The van der Waals surface area contributed by atoms with Gasteiger partial charge < -0.3 is 21.2 Å². The molecule has 8 heteroatoms. The van der Waals surface area contributed by atoms with Crippen LogP contribution in [-0.4, -0.2) is 69.9 Å². The van der Waals surface area contributed by atoms with E-state index in [1.54, 1.807) is 19.2 Å². The number of nitrogens with two attached hydrogens (primary N) is 1. The molecule has 0 spiro atoms. The highest BCUT2D eigenvalue weighted by atomic mass is 16.2. The first-order valence-corrected chi connectivity index (χ1v) is 10.3. The molecule has 1 rings (SSSR count). The maximum Gasteiger partial charge on any atom is 0.237 e. The molecule has 1 atom stereocenters.